The summed E-state index contributed by atoms with van der Waals surface area (Å²) in [6, 6.07) is 0. The highest BCUT2D eigenvalue weighted by Gasteiger charge is 2.19. The van der Waals surface area contributed by atoms with Gasteiger partial charge in [-0.1, -0.05) is 13.3 Å². The summed E-state index contributed by atoms with van der Waals surface area (Å²) in [4.78, 5) is 2.49. The number of unbranched alkanes of at least 4 members (excludes halogenated alkanes) is 1. The zero-order valence-electron chi connectivity index (χ0n) is 8.28. The summed E-state index contributed by atoms with van der Waals surface area (Å²) in [5.41, 5.74) is 0.835. The number of nitrogens with one attached hydrogen (secondary N) is 1. The lowest BCUT2D eigenvalue weighted by atomic mass is 10.2. The van der Waals surface area contributed by atoms with Crippen molar-refractivity contribution in [1.82, 2.24) is 4.98 Å². The Labute approximate surface area is 83.5 Å². The number of H-pyrrole nitrogens is 1. The Balaban J connectivity index is 2.97. The van der Waals surface area contributed by atoms with Crippen molar-refractivity contribution in [2.75, 3.05) is 0 Å². The molecule has 0 fully saturated rings. The summed E-state index contributed by atoms with van der Waals surface area (Å²) in [7, 11) is -2.80. The number of aryl methyl sites for hydroxylation is 1. The molecule has 0 amide bonds. The molecule has 1 aromatic rings. The maximum absolute atomic E-state index is 10.7. The van der Waals surface area contributed by atoms with Gasteiger partial charge in [-0.2, -0.15) is 0 Å². The molecule has 0 radical (unpaired) electrons. The third-order valence-corrected chi connectivity index (χ3v) is 2.99. The molecule has 0 aliphatic rings. The van der Waals surface area contributed by atoms with Gasteiger partial charge in [-0.25, -0.2) is 18.0 Å². The maximum atomic E-state index is 10.7. The van der Waals surface area contributed by atoms with E-state index in [1.54, 1.807) is 13.2 Å². The predicted octanol–water partition coefficient (Wildman–Crippen LogP) is 0.0859. The zero-order valence-corrected chi connectivity index (χ0v) is 9.10. The van der Waals surface area contributed by atoms with E-state index in [-0.39, 0.29) is 5.16 Å². The first-order chi connectivity index (χ1) is 6.46. The lowest BCUT2D eigenvalue weighted by Gasteiger charge is -2.01. The Hall–Kier alpha value is -0.880. The van der Waals surface area contributed by atoms with Crippen LogP contribution in [0, 0.1) is 0 Å². The highest BCUT2D eigenvalue weighted by atomic mass is 32.2. The number of nitrogens with zero attached hydrogens (tertiary/aromatic N) is 1. The van der Waals surface area contributed by atoms with Gasteiger partial charge in [-0.3, -0.25) is 0 Å². The van der Waals surface area contributed by atoms with Crippen molar-refractivity contribution >= 4 is 10.1 Å². The van der Waals surface area contributed by atoms with Crippen molar-refractivity contribution in [2.45, 2.75) is 31.3 Å². The molecule has 0 bridgehead atoms. The van der Waals surface area contributed by atoms with E-state index in [1.807, 2.05) is 0 Å². The van der Waals surface area contributed by atoms with Crippen LogP contribution in [0.15, 0.2) is 11.4 Å². The number of imidazole rings is 1. The normalized spacial score (nSPS) is 11.9. The van der Waals surface area contributed by atoms with Gasteiger partial charge in [-0.05, 0) is 6.42 Å². The minimum atomic E-state index is -4.38. The molecule has 0 unspecified atom stereocenters. The van der Waals surface area contributed by atoms with Crippen LogP contribution in [0.2, 0.25) is 0 Å². The second-order valence-corrected chi connectivity index (χ2v) is 4.50. The largest absolute Gasteiger partial charge is 0.738 e. The minimum Gasteiger partial charge on any atom is -0.738 e. The number of aromatic nitrogens is 2. The van der Waals surface area contributed by atoms with Crippen LogP contribution in [0.5, 0.6) is 0 Å². The van der Waals surface area contributed by atoms with E-state index in [9.17, 15) is 13.0 Å². The Morgan fingerprint density at radius 1 is 1.57 bits per heavy atom. The van der Waals surface area contributed by atoms with E-state index < -0.39 is 10.1 Å². The van der Waals surface area contributed by atoms with E-state index >= 15 is 0 Å². The topological polar surface area (TPSA) is 76.9 Å². The van der Waals surface area contributed by atoms with Crippen molar-refractivity contribution in [2.24, 2.45) is 7.05 Å². The van der Waals surface area contributed by atoms with Crippen LogP contribution in [0.1, 0.15) is 25.5 Å². The van der Waals surface area contributed by atoms with Crippen LogP contribution in [0.3, 0.4) is 0 Å². The summed E-state index contributed by atoms with van der Waals surface area (Å²) < 4.78 is 33.6. The second kappa shape index (κ2) is 4.10. The molecule has 0 atom stereocenters. The molecule has 0 aromatic carbocycles. The molecule has 80 valence electrons. The third-order valence-electron chi connectivity index (χ3n) is 2.12. The molecule has 1 aromatic heterocycles. The molecule has 0 aliphatic heterocycles. The fraction of sp³-hybridized carbons (Fsp3) is 0.625. The molecule has 0 saturated carbocycles. The van der Waals surface area contributed by atoms with Crippen molar-refractivity contribution in [3.63, 3.8) is 0 Å². The van der Waals surface area contributed by atoms with E-state index in [0.29, 0.717) is 0 Å². The fourth-order valence-corrected chi connectivity index (χ4v) is 1.96. The molecule has 0 aliphatic carbocycles. The first kappa shape index (κ1) is 11.2. The quantitative estimate of drug-likeness (QED) is 0.574. The average Bonchev–Trinajstić information content (AvgIpc) is 2.42. The van der Waals surface area contributed by atoms with Gasteiger partial charge < -0.3 is 4.55 Å². The molecule has 1 N–H and O–H groups in total. The van der Waals surface area contributed by atoms with E-state index in [0.717, 1.165) is 25.0 Å². The van der Waals surface area contributed by atoms with Crippen LogP contribution in [0.4, 0.5) is 0 Å². The van der Waals surface area contributed by atoms with E-state index in [4.69, 9.17) is 0 Å². The molecular weight excluding hydrogens is 204 g/mol. The Morgan fingerprint density at radius 2 is 2.21 bits per heavy atom. The van der Waals surface area contributed by atoms with E-state index in [2.05, 4.69) is 11.9 Å². The highest BCUT2D eigenvalue weighted by molar-refractivity contribution is 7.85. The summed E-state index contributed by atoms with van der Waals surface area (Å²) in [6.45, 7) is 2.05. The Bertz CT molecular complexity index is 408. The van der Waals surface area contributed by atoms with Gasteiger partial charge in [0.1, 0.15) is 11.9 Å². The lowest BCUT2D eigenvalue weighted by Crippen LogP contribution is -2.37. The second-order valence-electron chi connectivity index (χ2n) is 3.20. The SMILES string of the molecule is CCCCc1c[nH]c(S(=O)(=O)[O-])[n+]1C. The average molecular weight is 218 g/mol. The first-order valence-electron chi connectivity index (χ1n) is 4.49. The number of hydrogen-bond donors (Lipinski definition) is 1. The van der Waals surface area contributed by atoms with Crippen molar-refractivity contribution in [1.29, 1.82) is 0 Å². The van der Waals surface area contributed by atoms with Crippen LogP contribution < -0.4 is 4.57 Å². The van der Waals surface area contributed by atoms with Gasteiger partial charge >= 0.3 is 5.16 Å². The first-order valence-corrected chi connectivity index (χ1v) is 5.89. The van der Waals surface area contributed by atoms with Gasteiger partial charge in [0, 0.05) is 6.42 Å². The van der Waals surface area contributed by atoms with Crippen LogP contribution in [0.25, 0.3) is 0 Å². The summed E-state index contributed by atoms with van der Waals surface area (Å²) >= 11 is 0. The van der Waals surface area contributed by atoms with Gasteiger partial charge in [0.05, 0.1) is 7.05 Å². The lowest BCUT2D eigenvalue weighted by molar-refractivity contribution is -0.716. The molecule has 14 heavy (non-hydrogen) atoms. The van der Waals surface area contributed by atoms with Gasteiger partial charge in [0.2, 0.25) is 10.1 Å². The fourth-order valence-electron chi connectivity index (χ4n) is 1.31. The van der Waals surface area contributed by atoms with Crippen molar-refractivity contribution in [3.05, 3.63) is 11.9 Å². The standard InChI is InChI=1S/C8H14N2O3S/c1-3-4-5-7-6-9-8(10(7)2)14(11,12)13/h6H,3-5H2,1-2H3,(H,11,12,13). The van der Waals surface area contributed by atoms with Gasteiger partial charge in [0.25, 0.3) is 0 Å². The molecule has 1 rings (SSSR count). The monoisotopic (exact) mass is 218 g/mol. The van der Waals surface area contributed by atoms with Crippen molar-refractivity contribution in [3.8, 4) is 0 Å². The minimum absolute atomic E-state index is 0.274. The van der Waals surface area contributed by atoms with Gasteiger partial charge in [-0.15, -0.1) is 0 Å². The van der Waals surface area contributed by atoms with Crippen molar-refractivity contribution < 1.29 is 17.5 Å². The van der Waals surface area contributed by atoms with Crippen LogP contribution in [-0.4, -0.2) is 18.0 Å². The number of aromatic amines is 1. The predicted molar refractivity (Wildman–Crippen MR) is 48.5 cm³/mol. The smallest absolute Gasteiger partial charge is 0.361 e. The summed E-state index contributed by atoms with van der Waals surface area (Å²) in [5, 5.41) is -0.274. The Kier molecular flexibility index (Phi) is 3.28. The zero-order chi connectivity index (χ0) is 10.8. The number of rotatable bonds is 4. The summed E-state index contributed by atoms with van der Waals surface area (Å²) in [5.74, 6) is 0. The summed E-state index contributed by atoms with van der Waals surface area (Å²) in [6.07, 6.45) is 4.36. The highest BCUT2D eigenvalue weighted by Crippen LogP contribution is 2.03. The molecule has 0 saturated heterocycles. The number of hydrogen-bond acceptors (Lipinski definition) is 3. The molecule has 6 heteroatoms. The molecule has 5 nitrogen and oxygen atoms in total. The maximum Gasteiger partial charge on any atom is 0.361 e. The van der Waals surface area contributed by atoms with E-state index in [1.165, 1.54) is 4.57 Å². The molecule has 1 heterocycles. The molecule has 0 spiro atoms. The van der Waals surface area contributed by atoms with Crippen LogP contribution >= 0.6 is 0 Å². The third kappa shape index (κ3) is 2.33. The van der Waals surface area contributed by atoms with Gasteiger partial charge in [0.15, 0.2) is 0 Å². The van der Waals surface area contributed by atoms with Crippen LogP contribution in [-0.2, 0) is 23.6 Å². The molecular formula is C8H14N2O3S. The Morgan fingerprint density at radius 3 is 2.64 bits per heavy atom.